The zero-order valence-corrected chi connectivity index (χ0v) is 14.5. The van der Waals surface area contributed by atoms with Crippen LogP contribution in [0.3, 0.4) is 0 Å². The van der Waals surface area contributed by atoms with Crippen molar-refractivity contribution in [3.8, 4) is 6.07 Å². The topological polar surface area (TPSA) is 102 Å². The summed E-state index contributed by atoms with van der Waals surface area (Å²) in [6.07, 6.45) is 0.553. The lowest BCUT2D eigenvalue weighted by Crippen LogP contribution is -2.33. The van der Waals surface area contributed by atoms with Gasteiger partial charge < -0.3 is 4.90 Å². The molecule has 0 bridgehead atoms. The molecule has 2 heterocycles. The number of benzene rings is 1. The zero-order chi connectivity index (χ0) is 17.6. The normalized spacial score (nSPS) is 23.5. The average Bonchev–Trinajstić information content (AvgIpc) is 3.02. The minimum Gasteiger partial charge on any atom is -0.319 e. The molecule has 128 valence electrons. The van der Waals surface area contributed by atoms with E-state index in [1.54, 1.807) is 28.9 Å². The molecule has 0 spiro atoms. The largest absolute Gasteiger partial charge is 0.324 e. The van der Waals surface area contributed by atoms with E-state index in [4.69, 9.17) is 21.4 Å². The Morgan fingerprint density at radius 3 is 2.79 bits per heavy atom. The van der Waals surface area contributed by atoms with E-state index < -0.39 is 10.1 Å². The van der Waals surface area contributed by atoms with Gasteiger partial charge >= 0.3 is 6.03 Å². The number of anilines is 1. The SMILES string of the molecule is Cc1c(N2CC3[C@@H](CS(=O)(=O)O)CCN3C2=O)ccc(C#N)c1Cl. The molecule has 7 nitrogen and oxygen atoms in total. The second-order valence-corrected chi connectivity index (χ2v) is 8.01. The van der Waals surface area contributed by atoms with Crippen molar-refractivity contribution in [1.82, 2.24) is 4.90 Å². The number of halogens is 1. The van der Waals surface area contributed by atoms with Crippen LogP contribution in [0.15, 0.2) is 12.1 Å². The zero-order valence-electron chi connectivity index (χ0n) is 12.9. The average molecular weight is 370 g/mol. The molecule has 2 aliphatic rings. The number of nitriles is 1. The van der Waals surface area contributed by atoms with Crippen LogP contribution in [-0.4, -0.2) is 48.8 Å². The monoisotopic (exact) mass is 369 g/mol. The summed E-state index contributed by atoms with van der Waals surface area (Å²) in [6, 6.07) is 4.78. The Hall–Kier alpha value is -1.82. The predicted molar refractivity (Wildman–Crippen MR) is 88.7 cm³/mol. The molecular weight excluding hydrogens is 354 g/mol. The Morgan fingerprint density at radius 1 is 1.46 bits per heavy atom. The first-order valence-corrected chi connectivity index (χ1v) is 9.44. The van der Waals surface area contributed by atoms with Crippen molar-refractivity contribution in [3.05, 3.63) is 28.3 Å². The summed E-state index contributed by atoms with van der Waals surface area (Å²) in [5.41, 5.74) is 1.59. The molecule has 0 aliphatic carbocycles. The van der Waals surface area contributed by atoms with Crippen molar-refractivity contribution in [3.63, 3.8) is 0 Å². The van der Waals surface area contributed by atoms with Gasteiger partial charge in [-0.1, -0.05) is 11.6 Å². The van der Waals surface area contributed by atoms with Gasteiger partial charge in [-0.3, -0.25) is 9.45 Å². The minimum atomic E-state index is -4.08. The van der Waals surface area contributed by atoms with Gasteiger partial charge in [-0.05, 0) is 37.0 Å². The molecule has 1 N–H and O–H groups in total. The Bertz CT molecular complexity index is 849. The van der Waals surface area contributed by atoms with E-state index in [0.717, 1.165) is 0 Å². The lowest BCUT2D eigenvalue weighted by atomic mass is 10.0. The number of amides is 2. The lowest BCUT2D eigenvalue weighted by Gasteiger charge is -2.20. The van der Waals surface area contributed by atoms with Gasteiger partial charge in [0.2, 0.25) is 0 Å². The third kappa shape index (κ3) is 2.83. The summed E-state index contributed by atoms with van der Waals surface area (Å²) < 4.78 is 31.4. The Labute approximate surface area is 145 Å². The molecule has 0 radical (unpaired) electrons. The number of fused-ring (bicyclic) bond motifs is 1. The van der Waals surface area contributed by atoms with Crippen molar-refractivity contribution >= 4 is 33.4 Å². The standard InChI is InChI=1S/C15H16ClN3O4S/c1-9-12(3-2-10(6-17)14(9)16)19-7-13-11(8-24(21,22)23)4-5-18(13)15(19)20/h2-3,11,13H,4-5,7-8H2,1H3,(H,21,22,23)/t11-,13?/m1/s1. The number of urea groups is 1. The van der Waals surface area contributed by atoms with E-state index in [0.29, 0.717) is 41.3 Å². The van der Waals surface area contributed by atoms with E-state index in [1.807, 2.05) is 6.07 Å². The quantitative estimate of drug-likeness (QED) is 0.821. The van der Waals surface area contributed by atoms with Crippen LogP contribution in [0.2, 0.25) is 5.02 Å². The maximum absolute atomic E-state index is 12.6. The maximum atomic E-state index is 12.6. The summed E-state index contributed by atoms with van der Waals surface area (Å²) in [5.74, 6) is -0.634. The number of carbonyl (C=O) groups excluding carboxylic acids is 1. The van der Waals surface area contributed by atoms with Gasteiger partial charge in [0.25, 0.3) is 10.1 Å². The number of rotatable bonds is 3. The minimum absolute atomic E-state index is 0.207. The van der Waals surface area contributed by atoms with Gasteiger partial charge in [0, 0.05) is 18.8 Å². The van der Waals surface area contributed by atoms with Crippen LogP contribution in [0.1, 0.15) is 17.5 Å². The van der Waals surface area contributed by atoms with Gasteiger partial charge in [-0.2, -0.15) is 13.7 Å². The Morgan fingerprint density at radius 2 is 2.17 bits per heavy atom. The highest BCUT2D eigenvalue weighted by molar-refractivity contribution is 7.85. The molecule has 24 heavy (non-hydrogen) atoms. The first-order valence-electron chi connectivity index (χ1n) is 7.45. The van der Waals surface area contributed by atoms with Crippen molar-refractivity contribution in [2.45, 2.75) is 19.4 Å². The molecule has 2 aliphatic heterocycles. The van der Waals surface area contributed by atoms with Crippen LogP contribution >= 0.6 is 11.6 Å². The highest BCUT2D eigenvalue weighted by Gasteiger charge is 2.47. The second kappa shape index (κ2) is 5.92. The van der Waals surface area contributed by atoms with E-state index in [-0.39, 0.29) is 23.7 Å². The number of carbonyl (C=O) groups is 1. The summed E-state index contributed by atoms with van der Waals surface area (Å²) in [7, 11) is -4.08. The smallest absolute Gasteiger partial charge is 0.319 e. The third-order valence-electron chi connectivity index (χ3n) is 4.73. The molecule has 2 fully saturated rings. The van der Waals surface area contributed by atoms with E-state index >= 15 is 0 Å². The molecule has 3 rings (SSSR count). The number of nitrogens with zero attached hydrogens (tertiary/aromatic N) is 3. The highest BCUT2D eigenvalue weighted by atomic mass is 35.5. The molecular formula is C15H16ClN3O4S. The fraction of sp³-hybridized carbons (Fsp3) is 0.467. The fourth-order valence-electron chi connectivity index (χ4n) is 3.54. The van der Waals surface area contributed by atoms with Crippen LogP contribution in [0.25, 0.3) is 0 Å². The molecule has 2 amide bonds. The van der Waals surface area contributed by atoms with Crippen LogP contribution in [0, 0.1) is 24.2 Å². The predicted octanol–water partition coefficient (Wildman–Crippen LogP) is 2.04. The molecule has 1 aromatic rings. The summed E-state index contributed by atoms with van der Waals surface area (Å²) in [5, 5.41) is 9.33. The van der Waals surface area contributed by atoms with Gasteiger partial charge in [0.15, 0.2) is 0 Å². The molecule has 0 saturated carbocycles. The van der Waals surface area contributed by atoms with Gasteiger partial charge in [0.1, 0.15) is 6.07 Å². The summed E-state index contributed by atoms with van der Waals surface area (Å²) in [4.78, 5) is 15.8. The fourth-order valence-corrected chi connectivity index (χ4v) is 4.67. The number of hydrogen-bond acceptors (Lipinski definition) is 4. The van der Waals surface area contributed by atoms with E-state index in [9.17, 15) is 13.2 Å². The van der Waals surface area contributed by atoms with Crippen molar-refractivity contribution < 1.29 is 17.8 Å². The Balaban J connectivity index is 1.90. The third-order valence-corrected chi connectivity index (χ3v) is 6.06. The van der Waals surface area contributed by atoms with E-state index in [2.05, 4.69) is 0 Å². The first-order chi connectivity index (χ1) is 11.2. The summed E-state index contributed by atoms with van der Waals surface area (Å²) >= 11 is 6.17. The molecule has 1 aromatic carbocycles. The number of hydrogen-bond donors (Lipinski definition) is 1. The van der Waals surface area contributed by atoms with Crippen molar-refractivity contribution in [2.24, 2.45) is 5.92 Å². The maximum Gasteiger partial charge on any atom is 0.324 e. The van der Waals surface area contributed by atoms with Crippen molar-refractivity contribution in [2.75, 3.05) is 23.7 Å². The van der Waals surface area contributed by atoms with Crippen LogP contribution in [-0.2, 0) is 10.1 Å². The molecule has 2 atom stereocenters. The molecule has 2 saturated heterocycles. The lowest BCUT2D eigenvalue weighted by molar-refractivity contribution is 0.216. The van der Waals surface area contributed by atoms with Crippen molar-refractivity contribution in [1.29, 1.82) is 5.26 Å². The molecule has 1 unspecified atom stereocenters. The summed E-state index contributed by atoms with van der Waals surface area (Å²) in [6.45, 7) is 2.54. The van der Waals surface area contributed by atoms with Crippen LogP contribution < -0.4 is 4.90 Å². The Kier molecular flexibility index (Phi) is 4.20. The second-order valence-electron chi connectivity index (χ2n) is 6.13. The molecule has 0 aromatic heterocycles. The van der Waals surface area contributed by atoms with Gasteiger partial charge in [-0.15, -0.1) is 0 Å². The van der Waals surface area contributed by atoms with Crippen LogP contribution in [0.5, 0.6) is 0 Å². The van der Waals surface area contributed by atoms with Gasteiger partial charge in [0.05, 0.1) is 22.4 Å². The molecule has 9 heteroatoms. The highest BCUT2D eigenvalue weighted by Crippen LogP contribution is 2.37. The van der Waals surface area contributed by atoms with E-state index in [1.165, 1.54) is 0 Å². The van der Waals surface area contributed by atoms with Crippen LogP contribution in [0.4, 0.5) is 10.5 Å². The van der Waals surface area contributed by atoms with Gasteiger partial charge in [-0.25, -0.2) is 4.79 Å². The first kappa shape index (κ1) is 17.0.